The molecule has 0 saturated carbocycles. The lowest BCUT2D eigenvalue weighted by atomic mass is 10.0. The van der Waals surface area contributed by atoms with Crippen LogP contribution in [0.4, 0.5) is 8.78 Å². The maximum absolute atomic E-state index is 15.3. The van der Waals surface area contributed by atoms with E-state index in [2.05, 4.69) is 30.5 Å². The predicted octanol–water partition coefficient (Wildman–Crippen LogP) is 2.00. The second kappa shape index (κ2) is 5.91. The van der Waals surface area contributed by atoms with Crippen LogP contribution in [0.5, 0.6) is 0 Å². The molecule has 0 bridgehead atoms. The van der Waals surface area contributed by atoms with E-state index >= 15 is 8.78 Å². The van der Waals surface area contributed by atoms with Crippen LogP contribution in [0.1, 0.15) is 11.4 Å². The Hall–Kier alpha value is -3.69. The summed E-state index contributed by atoms with van der Waals surface area (Å²) in [6.45, 7) is 0. The number of pyridine rings is 1. The fraction of sp³-hybridized carbons (Fsp3) is 0.0556. The first-order valence-corrected chi connectivity index (χ1v) is 8.29. The predicted molar refractivity (Wildman–Crippen MR) is 98.5 cm³/mol. The number of aromatic nitrogens is 7. The van der Waals surface area contributed by atoms with Gasteiger partial charge in [-0.1, -0.05) is 18.2 Å². The lowest BCUT2D eigenvalue weighted by molar-refractivity contribution is 0.0307. The minimum atomic E-state index is -3.42. The van der Waals surface area contributed by atoms with Crippen LogP contribution in [0, 0.1) is 0 Å². The van der Waals surface area contributed by atoms with Crippen molar-refractivity contribution in [1.29, 1.82) is 0 Å². The van der Waals surface area contributed by atoms with E-state index in [1.54, 1.807) is 36.7 Å². The van der Waals surface area contributed by atoms with E-state index in [-0.39, 0.29) is 11.2 Å². The molecule has 1 N–H and O–H groups in total. The maximum atomic E-state index is 15.3. The van der Waals surface area contributed by atoms with Gasteiger partial charge in [0.1, 0.15) is 7.85 Å². The first-order valence-electron chi connectivity index (χ1n) is 8.29. The van der Waals surface area contributed by atoms with Gasteiger partial charge in [-0.05, 0) is 29.9 Å². The summed E-state index contributed by atoms with van der Waals surface area (Å²) in [5.74, 6) is -3.99. The molecule has 0 spiro atoms. The van der Waals surface area contributed by atoms with Gasteiger partial charge >= 0.3 is 5.92 Å². The van der Waals surface area contributed by atoms with E-state index in [0.717, 1.165) is 4.52 Å². The molecule has 4 aromatic heterocycles. The zero-order chi connectivity index (χ0) is 19.3. The number of benzene rings is 1. The molecule has 2 radical (unpaired) electrons. The van der Waals surface area contributed by atoms with E-state index in [1.165, 1.54) is 18.2 Å². The summed E-state index contributed by atoms with van der Waals surface area (Å²) < 4.78 is 31.7. The molecule has 0 aliphatic carbocycles. The number of hydrogen-bond donors (Lipinski definition) is 1. The van der Waals surface area contributed by atoms with Crippen LogP contribution in [-0.4, -0.2) is 42.8 Å². The average molecular weight is 373 g/mol. The highest BCUT2D eigenvalue weighted by atomic mass is 19.3. The van der Waals surface area contributed by atoms with E-state index in [1.807, 2.05) is 0 Å². The maximum Gasteiger partial charge on any atom is 0.333 e. The van der Waals surface area contributed by atoms with Gasteiger partial charge in [-0.3, -0.25) is 10.1 Å². The molecule has 0 saturated heterocycles. The average Bonchev–Trinajstić information content (AvgIpc) is 3.37. The molecule has 1 aromatic carbocycles. The van der Waals surface area contributed by atoms with Crippen molar-refractivity contribution in [1.82, 2.24) is 35.0 Å². The first-order chi connectivity index (χ1) is 13.5. The van der Waals surface area contributed by atoms with Gasteiger partial charge in [0, 0.05) is 22.7 Å². The number of hydrogen-bond acceptors (Lipinski definition) is 5. The smallest absolute Gasteiger partial charge is 0.285 e. The Kier molecular flexibility index (Phi) is 3.48. The third-order valence-corrected chi connectivity index (χ3v) is 4.41. The van der Waals surface area contributed by atoms with Gasteiger partial charge in [0.25, 0.3) is 0 Å². The van der Waals surface area contributed by atoms with Gasteiger partial charge in [-0.25, -0.2) is 0 Å². The highest BCUT2D eigenvalue weighted by molar-refractivity contribution is 6.31. The summed E-state index contributed by atoms with van der Waals surface area (Å²) in [5, 5.41) is 18.9. The standard InChI is InChI=1S/C18H10BF2N7/c19-15-5-1-10-7-12(2-3-13(10)24-15)18(20,21)17-26-25-16-6-4-14(27-28(16)17)11-8-22-23-9-11/h1-9H,(H,22,23). The van der Waals surface area contributed by atoms with Gasteiger partial charge < -0.3 is 0 Å². The third-order valence-electron chi connectivity index (χ3n) is 4.41. The normalized spacial score (nSPS) is 12.1. The number of halogens is 2. The van der Waals surface area contributed by atoms with Crippen LogP contribution in [0.25, 0.3) is 27.8 Å². The summed E-state index contributed by atoms with van der Waals surface area (Å²) in [5.41, 5.74) is 1.97. The van der Waals surface area contributed by atoms with Crippen LogP contribution >= 0.6 is 0 Å². The fourth-order valence-electron chi connectivity index (χ4n) is 3.00. The number of alkyl halides is 2. The van der Waals surface area contributed by atoms with Crippen molar-refractivity contribution in [2.45, 2.75) is 5.92 Å². The molecule has 7 nitrogen and oxygen atoms in total. The van der Waals surface area contributed by atoms with Crippen LogP contribution in [0.15, 0.2) is 54.9 Å². The lowest BCUT2D eigenvalue weighted by Gasteiger charge is -2.15. The Morgan fingerprint density at radius 2 is 1.93 bits per heavy atom. The fourth-order valence-corrected chi connectivity index (χ4v) is 3.00. The Labute approximate surface area is 157 Å². The molecule has 0 atom stereocenters. The zero-order valence-corrected chi connectivity index (χ0v) is 14.2. The molecule has 5 aromatic rings. The number of nitrogens with one attached hydrogen (secondary N) is 1. The summed E-state index contributed by atoms with van der Waals surface area (Å²) >= 11 is 0. The van der Waals surface area contributed by atoms with Crippen molar-refractivity contribution in [2.75, 3.05) is 0 Å². The highest BCUT2D eigenvalue weighted by Crippen LogP contribution is 2.35. The SMILES string of the molecule is [B]c1ccc2cc(C(F)(F)c3nnc4ccc(-c5cn[nH]c5)nn34)ccc2n1. The number of rotatable bonds is 3. The van der Waals surface area contributed by atoms with Crippen molar-refractivity contribution in [3.63, 3.8) is 0 Å². The monoisotopic (exact) mass is 373 g/mol. The quantitative estimate of drug-likeness (QED) is 0.489. The molecule has 134 valence electrons. The highest BCUT2D eigenvalue weighted by Gasteiger charge is 2.40. The molecule has 0 unspecified atom stereocenters. The van der Waals surface area contributed by atoms with Crippen LogP contribution in [0.2, 0.25) is 0 Å². The van der Waals surface area contributed by atoms with E-state index in [0.29, 0.717) is 27.8 Å². The topological polar surface area (TPSA) is 84.6 Å². The second-order valence-electron chi connectivity index (χ2n) is 6.22. The molecule has 0 aliphatic rings. The number of H-pyrrole nitrogens is 1. The van der Waals surface area contributed by atoms with Crippen molar-refractivity contribution in [3.8, 4) is 11.3 Å². The van der Waals surface area contributed by atoms with Crippen LogP contribution in [0.3, 0.4) is 0 Å². The van der Waals surface area contributed by atoms with Crippen molar-refractivity contribution in [3.05, 3.63) is 66.2 Å². The van der Waals surface area contributed by atoms with E-state index in [9.17, 15) is 0 Å². The van der Waals surface area contributed by atoms with E-state index in [4.69, 9.17) is 7.85 Å². The van der Waals surface area contributed by atoms with Crippen molar-refractivity contribution < 1.29 is 8.78 Å². The molecule has 10 heteroatoms. The Bertz CT molecular complexity index is 1310. The van der Waals surface area contributed by atoms with Crippen LogP contribution < -0.4 is 5.59 Å². The lowest BCUT2D eigenvalue weighted by Crippen LogP contribution is -2.20. The van der Waals surface area contributed by atoms with Crippen molar-refractivity contribution in [2.24, 2.45) is 0 Å². The Morgan fingerprint density at radius 1 is 1.04 bits per heavy atom. The minimum Gasteiger partial charge on any atom is -0.285 e. The van der Waals surface area contributed by atoms with Gasteiger partial charge in [0.15, 0.2) is 5.65 Å². The summed E-state index contributed by atoms with van der Waals surface area (Å²) in [6.07, 6.45) is 3.18. The van der Waals surface area contributed by atoms with Crippen molar-refractivity contribution >= 4 is 30.0 Å². The molecular weight excluding hydrogens is 363 g/mol. The van der Waals surface area contributed by atoms with Crippen LogP contribution in [-0.2, 0) is 5.92 Å². The zero-order valence-electron chi connectivity index (χ0n) is 14.2. The Balaban J connectivity index is 1.65. The molecular formula is C18H10BF2N7. The molecule has 0 amide bonds. The number of fused-ring (bicyclic) bond motifs is 2. The summed E-state index contributed by atoms with van der Waals surface area (Å²) in [6, 6.07) is 10.6. The van der Waals surface area contributed by atoms with Gasteiger partial charge in [0.2, 0.25) is 5.82 Å². The number of nitrogens with zero attached hydrogens (tertiary/aromatic N) is 6. The first kappa shape index (κ1) is 16.5. The van der Waals surface area contributed by atoms with Gasteiger partial charge in [-0.15, -0.1) is 10.2 Å². The molecule has 28 heavy (non-hydrogen) atoms. The third kappa shape index (κ3) is 2.53. The van der Waals surface area contributed by atoms with Gasteiger partial charge in [0.05, 0.1) is 17.4 Å². The molecule has 4 heterocycles. The number of aromatic amines is 1. The Morgan fingerprint density at radius 3 is 2.75 bits per heavy atom. The molecule has 0 fully saturated rings. The van der Waals surface area contributed by atoms with Gasteiger partial charge in [-0.2, -0.15) is 23.5 Å². The summed E-state index contributed by atoms with van der Waals surface area (Å²) in [4.78, 5) is 4.13. The van der Waals surface area contributed by atoms with E-state index < -0.39 is 11.7 Å². The molecule has 5 rings (SSSR count). The second-order valence-corrected chi connectivity index (χ2v) is 6.22. The molecule has 0 aliphatic heterocycles. The minimum absolute atomic E-state index is 0.220. The largest absolute Gasteiger partial charge is 0.333 e. The summed E-state index contributed by atoms with van der Waals surface area (Å²) in [7, 11) is 5.65.